The topological polar surface area (TPSA) is 72.9 Å². The lowest BCUT2D eigenvalue weighted by Crippen LogP contribution is -2.68. The molecule has 0 saturated carbocycles. The Balaban J connectivity index is 1.61. The fraction of sp³-hybridized carbons (Fsp3) is 0.143. The fourth-order valence-electron chi connectivity index (χ4n) is 3.86. The maximum absolute atomic E-state index is 13.6. The first-order valence-corrected chi connectivity index (χ1v) is 10.7. The van der Waals surface area contributed by atoms with E-state index < -0.39 is 24.0 Å². The predicted molar refractivity (Wildman–Crippen MR) is 127 cm³/mol. The number of esters is 1. The van der Waals surface area contributed by atoms with E-state index in [1.807, 2.05) is 36.4 Å². The monoisotopic (exact) mass is 453 g/mol. The van der Waals surface area contributed by atoms with Gasteiger partial charge < -0.3 is 14.4 Å². The standard InChI is InChI=1S/C28H23NO5/c1-3-23(20-12-8-5-9-13-20)25(30)24-26(27(31)29(24)18-19-10-6-4-7-11-19)34-28(32)21-14-16-22(33-2)17-15-21/h4-17,24,26H,1,18H2,2H3/t24-,26+/m0/s1. The highest BCUT2D eigenvalue weighted by atomic mass is 16.6. The van der Waals surface area contributed by atoms with Crippen LogP contribution >= 0.6 is 0 Å². The van der Waals surface area contributed by atoms with Gasteiger partial charge in [0.05, 0.1) is 18.2 Å². The minimum absolute atomic E-state index is 0.214. The summed E-state index contributed by atoms with van der Waals surface area (Å²) in [5, 5.41) is 0. The molecule has 6 heteroatoms. The number of nitrogens with zero attached hydrogens (tertiary/aromatic N) is 1. The van der Waals surface area contributed by atoms with E-state index in [1.54, 1.807) is 48.5 Å². The molecule has 0 spiro atoms. The molecule has 2 atom stereocenters. The SMILES string of the molecule is C=C=C(C(=O)[C@H]1[C@@H](OC(=O)c2ccc(OC)cc2)C(=O)N1Cc1ccccc1)c1ccccc1. The van der Waals surface area contributed by atoms with E-state index in [9.17, 15) is 14.4 Å². The van der Waals surface area contributed by atoms with Gasteiger partial charge in [-0.2, -0.15) is 0 Å². The van der Waals surface area contributed by atoms with E-state index in [2.05, 4.69) is 12.3 Å². The van der Waals surface area contributed by atoms with Gasteiger partial charge in [0.1, 0.15) is 11.8 Å². The molecule has 1 amide bonds. The highest BCUT2D eigenvalue weighted by Gasteiger charge is 2.54. The van der Waals surface area contributed by atoms with Crippen LogP contribution in [-0.2, 0) is 20.9 Å². The summed E-state index contributed by atoms with van der Waals surface area (Å²) in [6.45, 7) is 3.89. The van der Waals surface area contributed by atoms with Crippen LogP contribution in [0.15, 0.2) is 97.2 Å². The van der Waals surface area contributed by atoms with Gasteiger partial charge in [-0.3, -0.25) is 9.59 Å². The number of ether oxygens (including phenoxy) is 2. The Bertz CT molecular complexity index is 1240. The summed E-state index contributed by atoms with van der Waals surface area (Å²) >= 11 is 0. The van der Waals surface area contributed by atoms with Crippen LogP contribution < -0.4 is 4.74 Å². The molecule has 170 valence electrons. The number of carbonyl (C=O) groups excluding carboxylic acids is 3. The third-order valence-electron chi connectivity index (χ3n) is 5.66. The molecule has 0 N–H and O–H groups in total. The van der Waals surface area contributed by atoms with Crippen molar-refractivity contribution in [2.45, 2.75) is 18.7 Å². The largest absolute Gasteiger partial charge is 0.497 e. The molecule has 4 rings (SSSR count). The number of amides is 1. The zero-order chi connectivity index (χ0) is 24.1. The number of ketones is 1. The fourth-order valence-corrected chi connectivity index (χ4v) is 3.86. The Morgan fingerprint density at radius 3 is 2.12 bits per heavy atom. The maximum atomic E-state index is 13.6. The lowest BCUT2D eigenvalue weighted by molar-refractivity contribution is -0.171. The molecule has 1 heterocycles. The van der Waals surface area contributed by atoms with Crippen molar-refractivity contribution in [1.29, 1.82) is 0 Å². The summed E-state index contributed by atoms with van der Waals surface area (Å²) < 4.78 is 10.6. The van der Waals surface area contributed by atoms with Crippen LogP contribution in [0.4, 0.5) is 0 Å². The molecule has 1 aliphatic rings. The molecule has 0 bridgehead atoms. The molecule has 3 aromatic carbocycles. The van der Waals surface area contributed by atoms with Crippen molar-refractivity contribution < 1.29 is 23.9 Å². The molecule has 3 aromatic rings. The third-order valence-corrected chi connectivity index (χ3v) is 5.66. The summed E-state index contributed by atoms with van der Waals surface area (Å²) in [6, 6.07) is 23.6. The van der Waals surface area contributed by atoms with Crippen molar-refractivity contribution in [3.05, 3.63) is 114 Å². The van der Waals surface area contributed by atoms with Gasteiger partial charge in [-0.15, -0.1) is 5.73 Å². The van der Waals surface area contributed by atoms with Crippen molar-refractivity contribution in [2.75, 3.05) is 7.11 Å². The van der Waals surface area contributed by atoms with Crippen LogP contribution in [0.1, 0.15) is 21.5 Å². The molecule has 34 heavy (non-hydrogen) atoms. The average Bonchev–Trinajstić information content (AvgIpc) is 2.89. The van der Waals surface area contributed by atoms with Gasteiger partial charge in [0.25, 0.3) is 5.91 Å². The Morgan fingerprint density at radius 1 is 0.912 bits per heavy atom. The van der Waals surface area contributed by atoms with Crippen LogP contribution in [-0.4, -0.2) is 41.8 Å². The second-order valence-electron chi connectivity index (χ2n) is 7.73. The number of rotatable bonds is 8. The van der Waals surface area contributed by atoms with Crippen LogP contribution in [0.25, 0.3) is 5.57 Å². The number of methoxy groups -OCH3 is 1. The van der Waals surface area contributed by atoms with Crippen LogP contribution in [0, 0.1) is 0 Å². The molecule has 0 radical (unpaired) electrons. The molecular formula is C28H23NO5. The summed E-state index contributed by atoms with van der Waals surface area (Å²) in [7, 11) is 1.52. The Labute approximate surface area is 197 Å². The smallest absolute Gasteiger partial charge is 0.339 e. The zero-order valence-corrected chi connectivity index (χ0v) is 18.6. The van der Waals surface area contributed by atoms with Gasteiger partial charge in [-0.05, 0) is 35.4 Å². The molecule has 0 aromatic heterocycles. The van der Waals surface area contributed by atoms with Crippen LogP contribution in [0.2, 0.25) is 0 Å². The summed E-state index contributed by atoms with van der Waals surface area (Å²) in [6.07, 6.45) is -1.24. The van der Waals surface area contributed by atoms with Crippen LogP contribution in [0.3, 0.4) is 0 Å². The first-order chi connectivity index (χ1) is 16.5. The first-order valence-electron chi connectivity index (χ1n) is 10.7. The van der Waals surface area contributed by atoms with Crippen molar-refractivity contribution in [1.82, 2.24) is 4.90 Å². The summed E-state index contributed by atoms with van der Waals surface area (Å²) in [5.41, 5.74) is 4.69. The van der Waals surface area contributed by atoms with Gasteiger partial charge in [0.2, 0.25) is 6.10 Å². The second kappa shape index (κ2) is 10.0. The molecule has 0 unspecified atom stereocenters. The molecule has 1 fully saturated rings. The average molecular weight is 453 g/mol. The quantitative estimate of drug-likeness (QED) is 0.223. The minimum Gasteiger partial charge on any atom is -0.497 e. The van der Waals surface area contributed by atoms with Crippen molar-refractivity contribution in [3.8, 4) is 5.75 Å². The van der Waals surface area contributed by atoms with Gasteiger partial charge in [-0.25, -0.2) is 4.79 Å². The third kappa shape index (κ3) is 4.53. The summed E-state index contributed by atoms with van der Waals surface area (Å²) in [5.74, 6) is -0.922. The van der Waals surface area contributed by atoms with Crippen LogP contribution in [0.5, 0.6) is 5.75 Å². The molecule has 1 saturated heterocycles. The van der Waals surface area contributed by atoms with E-state index in [0.717, 1.165) is 5.56 Å². The number of carbonyl (C=O) groups is 3. The lowest BCUT2D eigenvalue weighted by atomic mass is 9.87. The number of hydrogen-bond donors (Lipinski definition) is 0. The number of likely N-dealkylation sites (tertiary alicyclic amines) is 1. The summed E-state index contributed by atoms with van der Waals surface area (Å²) in [4.78, 5) is 40.8. The molecular weight excluding hydrogens is 430 g/mol. The molecule has 6 nitrogen and oxygen atoms in total. The number of benzene rings is 3. The number of β-lactam (4-membered cyclic amide) rings is 1. The van der Waals surface area contributed by atoms with Crippen molar-refractivity contribution in [3.63, 3.8) is 0 Å². The van der Waals surface area contributed by atoms with Crippen molar-refractivity contribution in [2.24, 2.45) is 0 Å². The van der Waals surface area contributed by atoms with Crippen molar-refractivity contribution >= 4 is 23.2 Å². The lowest BCUT2D eigenvalue weighted by Gasteiger charge is -2.45. The van der Waals surface area contributed by atoms with E-state index in [1.165, 1.54) is 12.0 Å². The minimum atomic E-state index is -1.24. The molecule has 1 aliphatic heterocycles. The van der Waals surface area contributed by atoms with E-state index >= 15 is 0 Å². The number of hydrogen-bond acceptors (Lipinski definition) is 5. The Hall–Kier alpha value is -4.41. The van der Waals surface area contributed by atoms with E-state index in [4.69, 9.17) is 9.47 Å². The van der Waals surface area contributed by atoms with E-state index in [0.29, 0.717) is 11.3 Å². The highest BCUT2D eigenvalue weighted by Crippen LogP contribution is 2.31. The second-order valence-corrected chi connectivity index (χ2v) is 7.73. The molecule has 0 aliphatic carbocycles. The first kappa shape index (κ1) is 22.8. The van der Waals surface area contributed by atoms with Gasteiger partial charge in [0, 0.05) is 6.54 Å². The predicted octanol–water partition coefficient (Wildman–Crippen LogP) is 4.07. The maximum Gasteiger partial charge on any atom is 0.339 e. The van der Waals surface area contributed by atoms with E-state index in [-0.39, 0.29) is 23.5 Å². The van der Waals surface area contributed by atoms with Gasteiger partial charge in [-0.1, -0.05) is 67.2 Å². The number of Topliss-reactive ketones (excluding diaryl/α,β-unsaturated/α-hetero) is 1. The van der Waals surface area contributed by atoms with Gasteiger partial charge >= 0.3 is 5.97 Å². The Kier molecular flexibility index (Phi) is 6.72. The normalized spacial score (nSPS) is 16.7. The Morgan fingerprint density at radius 2 is 1.53 bits per heavy atom. The zero-order valence-electron chi connectivity index (χ0n) is 18.6. The highest BCUT2D eigenvalue weighted by molar-refractivity contribution is 6.26. The van der Waals surface area contributed by atoms with Gasteiger partial charge in [0.15, 0.2) is 5.78 Å².